The van der Waals surface area contributed by atoms with E-state index < -0.39 is 9.84 Å². The first kappa shape index (κ1) is 21.4. The molecular weight excluding hydrogens is 444 g/mol. The number of carbonyl (C=O) groups excluding carboxylic acids is 1. The third kappa shape index (κ3) is 4.93. The first-order valence-corrected chi connectivity index (χ1v) is 12.2. The van der Waals surface area contributed by atoms with Crippen molar-refractivity contribution < 1.29 is 13.2 Å². The van der Waals surface area contributed by atoms with Crippen molar-refractivity contribution in [1.29, 1.82) is 0 Å². The molecule has 0 unspecified atom stereocenters. The van der Waals surface area contributed by atoms with E-state index in [0.29, 0.717) is 11.1 Å². The maximum absolute atomic E-state index is 12.7. The van der Waals surface area contributed by atoms with E-state index in [-0.39, 0.29) is 15.6 Å². The highest BCUT2D eigenvalue weighted by Crippen LogP contribution is 2.30. The summed E-state index contributed by atoms with van der Waals surface area (Å²) in [4.78, 5) is 15.8. The SMILES string of the molecule is O=C(c1ccc(S)cc1)c1ccc(Sc2ccc(S(=O)(=O)c3ccccc3)cc2)cc1. The van der Waals surface area contributed by atoms with Gasteiger partial charge < -0.3 is 0 Å². The van der Waals surface area contributed by atoms with Crippen LogP contribution in [0.25, 0.3) is 0 Å². The standard InChI is InChI=1S/C25H18O3S3/c26-25(18-6-10-20(29)11-7-18)19-8-12-21(13-9-19)30-22-14-16-24(17-15-22)31(27,28)23-4-2-1-3-5-23/h1-17,29H. The van der Waals surface area contributed by atoms with Gasteiger partial charge in [0.05, 0.1) is 9.79 Å². The third-order valence-electron chi connectivity index (χ3n) is 4.67. The van der Waals surface area contributed by atoms with Gasteiger partial charge in [-0.05, 0) is 84.9 Å². The normalized spacial score (nSPS) is 11.3. The van der Waals surface area contributed by atoms with Crippen LogP contribution in [0, 0.1) is 0 Å². The Morgan fingerprint density at radius 3 is 1.61 bits per heavy atom. The molecule has 31 heavy (non-hydrogen) atoms. The third-order valence-corrected chi connectivity index (χ3v) is 7.77. The lowest BCUT2D eigenvalue weighted by molar-refractivity contribution is 0.103. The molecule has 0 saturated heterocycles. The molecule has 0 amide bonds. The molecule has 4 aromatic carbocycles. The van der Waals surface area contributed by atoms with Crippen molar-refractivity contribution in [3.63, 3.8) is 0 Å². The number of carbonyl (C=O) groups is 1. The topological polar surface area (TPSA) is 51.2 Å². The summed E-state index contributed by atoms with van der Waals surface area (Å²) in [5.74, 6) is -0.0413. The molecule has 0 aliphatic rings. The molecule has 0 radical (unpaired) electrons. The van der Waals surface area contributed by atoms with Crippen LogP contribution in [0.5, 0.6) is 0 Å². The molecule has 4 rings (SSSR count). The number of hydrogen-bond acceptors (Lipinski definition) is 5. The van der Waals surface area contributed by atoms with Gasteiger partial charge in [0.1, 0.15) is 0 Å². The summed E-state index contributed by atoms with van der Waals surface area (Å²) in [5.41, 5.74) is 1.23. The average molecular weight is 463 g/mol. The Balaban J connectivity index is 1.47. The van der Waals surface area contributed by atoms with Gasteiger partial charge in [0.2, 0.25) is 9.84 Å². The minimum absolute atomic E-state index is 0.0413. The Bertz CT molecular complexity index is 1300. The molecule has 0 atom stereocenters. The summed E-state index contributed by atoms with van der Waals surface area (Å²) in [6, 6.07) is 29.7. The van der Waals surface area contributed by atoms with Crippen LogP contribution in [0.3, 0.4) is 0 Å². The second-order valence-electron chi connectivity index (χ2n) is 6.79. The maximum atomic E-state index is 12.7. The minimum Gasteiger partial charge on any atom is -0.289 e. The number of benzene rings is 4. The van der Waals surface area contributed by atoms with Gasteiger partial charge in [-0.3, -0.25) is 4.79 Å². The zero-order valence-electron chi connectivity index (χ0n) is 16.3. The molecule has 0 aliphatic carbocycles. The lowest BCUT2D eigenvalue weighted by Gasteiger charge is -2.07. The summed E-state index contributed by atoms with van der Waals surface area (Å²) < 4.78 is 25.4. The van der Waals surface area contributed by atoms with Crippen molar-refractivity contribution >= 4 is 40.0 Å². The van der Waals surface area contributed by atoms with E-state index in [2.05, 4.69) is 12.6 Å². The van der Waals surface area contributed by atoms with Crippen LogP contribution in [0.1, 0.15) is 15.9 Å². The second kappa shape index (κ2) is 9.14. The maximum Gasteiger partial charge on any atom is 0.206 e. The molecule has 0 N–H and O–H groups in total. The monoisotopic (exact) mass is 462 g/mol. The number of thiol groups is 1. The lowest BCUT2D eigenvalue weighted by Crippen LogP contribution is -2.01. The van der Waals surface area contributed by atoms with Crippen LogP contribution in [0.15, 0.2) is 128 Å². The van der Waals surface area contributed by atoms with E-state index in [1.807, 2.05) is 12.1 Å². The fourth-order valence-electron chi connectivity index (χ4n) is 3.01. The van der Waals surface area contributed by atoms with Gasteiger partial charge in [0.25, 0.3) is 0 Å². The molecule has 0 heterocycles. The summed E-state index contributed by atoms with van der Waals surface area (Å²) in [5, 5.41) is 0. The Hall–Kier alpha value is -2.80. The van der Waals surface area contributed by atoms with Crippen LogP contribution < -0.4 is 0 Å². The van der Waals surface area contributed by atoms with Gasteiger partial charge in [-0.1, -0.05) is 30.0 Å². The molecule has 3 nitrogen and oxygen atoms in total. The second-order valence-corrected chi connectivity index (χ2v) is 10.4. The lowest BCUT2D eigenvalue weighted by atomic mass is 10.0. The van der Waals surface area contributed by atoms with Gasteiger partial charge in [0.15, 0.2) is 5.78 Å². The van der Waals surface area contributed by atoms with Gasteiger partial charge in [-0.25, -0.2) is 8.42 Å². The molecular formula is C25H18O3S3. The van der Waals surface area contributed by atoms with Crippen LogP contribution in [0.2, 0.25) is 0 Å². The molecule has 0 aromatic heterocycles. The molecule has 0 spiro atoms. The van der Waals surface area contributed by atoms with E-state index in [9.17, 15) is 13.2 Å². The molecule has 4 aromatic rings. The smallest absolute Gasteiger partial charge is 0.206 e. The van der Waals surface area contributed by atoms with Crippen molar-refractivity contribution in [2.24, 2.45) is 0 Å². The van der Waals surface area contributed by atoms with Crippen LogP contribution in [-0.2, 0) is 9.84 Å². The first-order valence-electron chi connectivity index (χ1n) is 9.45. The zero-order chi connectivity index (χ0) is 21.8. The number of hydrogen-bond donors (Lipinski definition) is 1. The predicted octanol–water partition coefficient (Wildman–Crippen LogP) is 6.19. The number of rotatable bonds is 6. The number of ketones is 1. The Morgan fingerprint density at radius 1 is 0.613 bits per heavy atom. The van der Waals surface area contributed by atoms with Crippen molar-refractivity contribution in [1.82, 2.24) is 0 Å². The van der Waals surface area contributed by atoms with Crippen molar-refractivity contribution in [2.75, 3.05) is 0 Å². The van der Waals surface area contributed by atoms with E-state index >= 15 is 0 Å². The minimum atomic E-state index is -3.52. The molecule has 0 aliphatic heterocycles. The van der Waals surface area contributed by atoms with E-state index in [1.165, 1.54) is 11.8 Å². The van der Waals surface area contributed by atoms with Crippen LogP contribution >= 0.6 is 24.4 Å². The van der Waals surface area contributed by atoms with Gasteiger partial charge >= 0.3 is 0 Å². The molecule has 6 heteroatoms. The number of sulfone groups is 1. The first-order chi connectivity index (χ1) is 14.9. The Kier molecular flexibility index (Phi) is 6.32. The van der Waals surface area contributed by atoms with Gasteiger partial charge in [-0.2, -0.15) is 0 Å². The largest absolute Gasteiger partial charge is 0.289 e. The Morgan fingerprint density at radius 2 is 1.06 bits per heavy atom. The van der Waals surface area contributed by atoms with Crippen molar-refractivity contribution in [3.8, 4) is 0 Å². The summed E-state index contributed by atoms with van der Waals surface area (Å²) >= 11 is 5.75. The quantitative estimate of drug-likeness (QED) is 0.274. The van der Waals surface area contributed by atoms with Crippen molar-refractivity contribution in [3.05, 3.63) is 114 Å². The van der Waals surface area contributed by atoms with E-state index in [4.69, 9.17) is 0 Å². The molecule has 0 saturated carbocycles. The van der Waals surface area contributed by atoms with E-state index in [1.54, 1.807) is 91.0 Å². The summed E-state index contributed by atoms with van der Waals surface area (Å²) in [7, 11) is -3.52. The molecule has 0 bridgehead atoms. The Labute approximate surface area is 191 Å². The fraction of sp³-hybridized carbons (Fsp3) is 0. The van der Waals surface area contributed by atoms with Crippen LogP contribution in [-0.4, -0.2) is 14.2 Å². The average Bonchev–Trinajstić information content (AvgIpc) is 2.81. The molecule has 154 valence electrons. The van der Waals surface area contributed by atoms with Gasteiger partial charge in [0, 0.05) is 25.8 Å². The fourth-order valence-corrected chi connectivity index (χ4v) is 5.26. The molecule has 0 fully saturated rings. The van der Waals surface area contributed by atoms with E-state index in [0.717, 1.165) is 14.7 Å². The summed E-state index contributed by atoms with van der Waals surface area (Å²) in [6.45, 7) is 0. The highest BCUT2D eigenvalue weighted by molar-refractivity contribution is 7.99. The predicted molar refractivity (Wildman–Crippen MR) is 126 cm³/mol. The van der Waals surface area contributed by atoms with Crippen LogP contribution in [0.4, 0.5) is 0 Å². The summed E-state index contributed by atoms with van der Waals surface area (Å²) in [6.07, 6.45) is 0. The highest BCUT2D eigenvalue weighted by Gasteiger charge is 2.17. The van der Waals surface area contributed by atoms with Crippen molar-refractivity contribution in [2.45, 2.75) is 24.5 Å². The highest BCUT2D eigenvalue weighted by atomic mass is 32.2. The van der Waals surface area contributed by atoms with Gasteiger partial charge in [-0.15, -0.1) is 12.6 Å². The zero-order valence-corrected chi connectivity index (χ0v) is 18.8.